The number of halogens is 1. The Bertz CT molecular complexity index is 813. The van der Waals surface area contributed by atoms with Gasteiger partial charge in [-0.25, -0.2) is 0 Å². The highest BCUT2D eigenvalue weighted by molar-refractivity contribution is 14.0. The van der Waals surface area contributed by atoms with Gasteiger partial charge in [-0.3, -0.25) is 14.6 Å². The van der Waals surface area contributed by atoms with Gasteiger partial charge in [-0.15, -0.1) is 24.0 Å². The largest absolute Gasteiger partial charge is 0.355 e. The molecular formula is C21H33IN6. The number of aromatic nitrogens is 2. The van der Waals surface area contributed by atoms with Crippen LogP contribution in [0.25, 0.3) is 0 Å². The van der Waals surface area contributed by atoms with Crippen molar-refractivity contribution in [2.75, 3.05) is 20.1 Å². The van der Waals surface area contributed by atoms with Crippen LogP contribution in [-0.4, -0.2) is 46.8 Å². The third kappa shape index (κ3) is 5.26. The first kappa shape index (κ1) is 22.7. The minimum atomic E-state index is 0. The van der Waals surface area contributed by atoms with Crippen LogP contribution in [0.4, 0.5) is 0 Å². The highest BCUT2D eigenvalue weighted by atomic mass is 127. The smallest absolute Gasteiger partial charge is 0.191 e. The van der Waals surface area contributed by atoms with Gasteiger partial charge in [0.05, 0.1) is 5.69 Å². The summed E-state index contributed by atoms with van der Waals surface area (Å²) in [5, 5.41) is 11.4. The van der Waals surface area contributed by atoms with Crippen LogP contribution in [0.5, 0.6) is 0 Å². The van der Waals surface area contributed by atoms with Crippen molar-refractivity contribution < 1.29 is 0 Å². The summed E-state index contributed by atoms with van der Waals surface area (Å²) in [4.78, 5) is 6.91. The standard InChI is InChI=1S/C21H32N6.HI/c1-15(27-11-10-18-8-6-7-9-19(18)14-27)12-23-21(22-4)24-13-20-16(2)25-26(5)17(20)3;/h6-9,15H,10-14H2,1-5H3,(H2,22,23,24);1H. The number of guanidine groups is 1. The quantitative estimate of drug-likeness (QED) is 0.380. The lowest BCUT2D eigenvalue weighted by Crippen LogP contribution is -2.47. The summed E-state index contributed by atoms with van der Waals surface area (Å²) in [7, 11) is 3.80. The van der Waals surface area contributed by atoms with Crippen LogP contribution < -0.4 is 10.6 Å². The van der Waals surface area contributed by atoms with Gasteiger partial charge in [0, 0.05) is 57.6 Å². The van der Waals surface area contributed by atoms with Crippen LogP contribution in [0.3, 0.4) is 0 Å². The van der Waals surface area contributed by atoms with E-state index in [0.717, 1.165) is 44.3 Å². The van der Waals surface area contributed by atoms with Gasteiger partial charge in [-0.1, -0.05) is 24.3 Å². The van der Waals surface area contributed by atoms with E-state index in [0.29, 0.717) is 6.04 Å². The molecule has 0 saturated heterocycles. The summed E-state index contributed by atoms with van der Waals surface area (Å²) in [6, 6.07) is 9.23. The molecule has 1 aliphatic rings. The Morgan fingerprint density at radius 3 is 2.57 bits per heavy atom. The Kier molecular flexibility index (Phi) is 8.30. The monoisotopic (exact) mass is 496 g/mol. The minimum absolute atomic E-state index is 0. The number of rotatable bonds is 5. The van der Waals surface area contributed by atoms with Crippen LogP contribution in [0.1, 0.15) is 35.0 Å². The van der Waals surface area contributed by atoms with Gasteiger partial charge in [-0.2, -0.15) is 5.10 Å². The zero-order valence-corrected chi connectivity index (χ0v) is 19.9. The van der Waals surface area contributed by atoms with Crippen molar-refractivity contribution in [2.45, 2.75) is 46.3 Å². The molecule has 0 fully saturated rings. The molecule has 1 atom stereocenters. The van der Waals surface area contributed by atoms with Crippen molar-refractivity contribution in [2.24, 2.45) is 12.0 Å². The molecule has 28 heavy (non-hydrogen) atoms. The van der Waals surface area contributed by atoms with Crippen molar-refractivity contribution in [1.82, 2.24) is 25.3 Å². The van der Waals surface area contributed by atoms with Crippen LogP contribution in [0.15, 0.2) is 29.3 Å². The van der Waals surface area contributed by atoms with Gasteiger partial charge >= 0.3 is 0 Å². The number of nitrogens with zero attached hydrogens (tertiary/aromatic N) is 4. The second kappa shape index (κ2) is 10.2. The van der Waals surface area contributed by atoms with Crippen molar-refractivity contribution >= 4 is 29.9 Å². The maximum absolute atomic E-state index is 4.48. The summed E-state index contributed by atoms with van der Waals surface area (Å²) in [6.45, 7) is 10.2. The third-order valence-corrected chi connectivity index (χ3v) is 5.66. The first-order chi connectivity index (χ1) is 13.0. The van der Waals surface area contributed by atoms with E-state index in [1.54, 1.807) is 0 Å². The summed E-state index contributed by atoms with van der Waals surface area (Å²) < 4.78 is 1.93. The number of hydrogen-bond acceptors (Lipinski definition) is 3. The molecule has 1 aliphatic heterocycles. The van der Waals surface area contributed by atoms with Gasteiger partial charge in [0.1, 0.15) is 0 Å². The molecule has 7 heteroatoms. The average molecular weight is 496 g/mol. The summed E-state index contributed by atoms with van der Waals surface area (Å²) in [5.74, 6) is 0.835. The van der Waals surface area contributed by atoms with E-state index >= 15 is 0 Å². The molecule has 0 bridgehead atoms. The molecule has 2 aromatic rings. The fraction of sp³-hybridized carbons (Fsp3) is 0.524. The molecule has 0 amide bonds. The lowest BCUT2D eigenvalue weighted by atomic mass is 9.99. The zero-order chi connectivity index (χ0) is 19.4. The van der Waals surface area contributed by atoms with Crippen LogP contribution >= 0.6 is 24.0 Å². The average Bonchev–Trinajstić information content (AvgIpc) is 2.93. The molecule has 0 radical (unpaired) electrons. The van der Waals surface area contributed by atoms with E-state index in [4.69, 9.17) is 0 Å². The highest BCUT2D eigenvalue weighted by Gasteiger charge is 2.20. The van der Waals surface area contributed by atoms with E-state index in [2.05, 4.69) is 70.7 Å². The van der Waals surface area contributed by atoms with E-state index in [1.165, 1.54) is 22.4 Å². The number of hydrogen-bond donors (Lipinski definition) is 2. The van der Waals surface area contributed by atoms with Gasteiger partial charge in [0.15, 0.2) is 5.96 Å². The number of aryl methyl sites for hydroxylation is 2. The predicted octanol–water partition coefficient (Wildman–Crippen LogP) is 2.77. The molecule has 0 spiro atoms. The normalized spacial score (nSPS) is 15.5. The fourth-order valence-corrected chi connectivity index (χ4v) is 3.73. The summed E-state index contributed by atoms with van der Waals surface area (Å²) in [5.41, 5.74) is 6.45. The second-order valence-corrected chi connectivity index (χ2v) is 7.42. The molecular weight excluding hydrogens is 463 g/mol. The molecule has 2 heterocycles. The Hall–Kier alpha value is -1.61. The second-order valence-electron chi connectivity index (χ2n) is 7.42. The zero-order valence-electron chi connectivity index (χ0n) is 17.6. The molecule has 154 valence electrons. The van der Waals surface area contributed by atoms with E-state index < -0.39 is 0 Å². The third-order valence-electron chi connectivity index (χ3n) is 5.66. The molecule has 1 unspecified atom stereocenters. The number of aliphatic imine (C=N–C) groups is 1. The topological polar surface area (TPSA) is 57.5 Å². The predicted molar refractivity (Wildman–Crippen MR) is 126 cm³/mol. The maximum atomic E-state index is 4.48. The van der Waals surface area contributed by atoms with Crippen molar-refractivity contribution in [3.63, 3.8) is 0 Å². The van der Waals surface area contributed by atoms with Gasteiger partial charge in [0.25, 0.3) is 0 Å². The van der Waals surface area contributed by atoms with E-state index in [-0.39, 0.29) is 24.0 Å². The molecule has 3 rings (SSSR count). The maximum Gasteiger partial charge on any atom is 0.191 e. The van der Waals surface area contributed by atoms with Gasteiger partial charge in [-0.05, 0) is 38.3 Å². The van der Waals surface area contributed by atoms with Crippen LogP contribution in [0.2, 0.25) is 0 Å². The highest BCUT2D eigenvalue weighted by Crippen LogP contribution is 2.20. The Labute approximate surface area is 185 Å². The van der Waals surface area contributed by atoms with Crippen molar-refractivity contribution in [3.05, 3.63) is 52.3 Å². The molecule has 0 aliphatic carbocycles. The Morgan fingerprint density at radius 1 is 1.21 bits per heavy atom. The lowest BCUT2D eigenvalue weighted by Gasteiger charge is -2.34. The SMILES string of the molecule is CN=C(NCc1c(C)nn(C)c1C)NCC(C)N1CCc2ccccc2C1.I. The van der Waals surface area contributed by atoms with Crippen molar-refractivity contribution in [3.8, 4) is 0 Å². The molecule has 1 aromatic carbocycles. The molecule has 2 N–H and O–H groups in total. The first-order valence-corrected chi connectivity index (χ1v) is 9.74. The van der Waals surface area contributed by atoms with Gasteiger partial charge < -0.3 is 10.6 Å². The fourth-order valence-electron chi connectivity index (χ4n) is 3.73. The first-order valence-electron chi connectivity index (χ1n) is 9.74. The summed E-state index contributed by atoms with van der Waals surface area (Å²) >= 11 is 0. The van der Waals surface area contributed by atoms with E-state index in [9.17, 15) is 0 Å². The van der Waals surface area contributed by atoms with E-state index in [1.807, 2.05) is 18.8 Å². The molecule has 6 nitrogen and oxygen atoms in total. The van der Waals surface area contributed by atoms with Crippen molar-refractivity contribution in [1.29, 1.82) is 0 Å². The van der Waals surface area contributed by atoms with Gasteiger partial charge in [0.2, 0.25) is 0 Å². The molecule has 0 saturated carbocycles. The number of nitrogens with one attached hydrogen (secondary N) is 2. The van der Waals surface area contributed by atoms with Crippen LogP contribution in [0, 0.1) is 13.8 Å². The lowest BCUT2D eigenvalue weighted by molar-refractivity contribution is 0.191. The summed E-state index contributed by atoms with van der Waals surface area (Å²) in [6.07, 6.45) is 1.13. The number of fused-ring (bicyclic) bond motifs is 1. The minimum Gasteiger partial charge on any atom is -0.355 e. The Morgan fingerprint density at radius 2 is 1.93 bits per heavy atom. The number of benzene rings is 1. The molecule has 1 aromatic heterocycles. The Balaban J connectivity index is 0.00000280. The van der Waals surface area contributed by atoms with Crippen LogP contribution in [-0.2, 0) is 26.6 Å².